The van der Waals surface area contributed by atoms with Crippen molar-refractivity contribution in [2.45, 2.75) is 12.3 Å². The van der Waals surface area contributed by atoms with Crippen molar-refractivity contribution in [1.29, 1.82) is 0 Å². The average molecular weight is 720 g/mol. The Bertz CT molecular complexity index is 3440. The fraction of sp³-hybridized carbons (Fsp3) is 0.0370. The molecule has 0 N–H and O–H groups in total. The van der Waals surface area contributed by atoms with Crippen molar-refractivity contribution in [2.75, 3.05) is 0 Å². The maximum Gasteiger partial charge on any atom is 0.0734 e. The number of thiophene rings is 1. The molecule has 1 heteroatoms. The zero-order chi connectivity index (χ0) is 40.6. The number of fused-ring (bicyclic) bond motifs is 13. The van der Waals surface area contributed by atoms with Crippen molar-refractivity contribution in [2.24, 2.45) is 0 Å². The highest BCUT2D eigenvalue weighted by atomic mass is 32.1. The molecule has 55 heavy (non-hydrogen) atoms. The van der Waals surface area contributed by atoms with Gasteiger partial charge < -0.3 is 0 Å². The number of hydrogen-bond donors (Lipinski definition) is 0. The van der Waals surface area contributed by atoms with Crippen molar-refractivity contribution < 1.29 is 6.85 Å². The fourth-order valence-electron chi connectivity index (χ4n) is 10.0. The van der Waals surface area contributed by atoms with Crippen LogP contribution in [0.3, 0.4) is 0 Å². The lowest BCUT2D eigenvalue weighted by molar-refractivity contribution is 0.796. The second kappa shape index (κ2) is 11.5. The molecular weight excluding hydrogens is 681 g/mol. The topological polar surface area (TPSA) is 0 Å². The van der Waals surface area contributed by atoms with Gasteiger partial charge >= 0.3 is 0 Å². The highest BCUT2D eigenvalue weighted by Gasteiger charge is 2.53. The fourth-order valence-corrected chi connectivity index (χ4v) is 11.2. The minimum absolute atomic E-state index is 0.182. The Morgan fingerprint density at radius 2 is 0.982 bits per heavy atom. The van der Waals surface area contributed by atoms with Crippen LogP contribution >= 0.6 is 11.3 Å². The molecular formula is C54H34S. The Morgan fingerprint density at radius 1 is 0.436 bits per heavy atom. The molecule has 1 unspecified atom stereocenters. The van der Waals surface area contributed by atoms with E-state index in [1.807, 2.05) is 0 Å². The molecule has 2 aliphatic carbocycles. The molecule has 256 valence electrons. The van der Waals surface area contributed by atoms with E-state index in [1.165, 1.54) is 93.7 Å². The second-order valence-electron chi connectivity index (χ2n) is 14.8. The average Bonchev–Trinajstić information content (AvgIpc) is 3.93. The first-order chi connectivity index (χ1) is 29.3. The Hall–Kier alpha value is -6.54. The molecule has 0 amide bonds. The molecule has 0 bridgehead atoms. The molecule has 1 aromatic heterocycles. The summed E-state index contributed by atoms with van der Waals surface area (Å²) in [7, 11) is 0. The van der Waals surface area contributed by atoms with Gasteiger partial charge in [0, 0.05) is 9.75 Å². The van der Waals surface area contributed by atoms with Crippen LogP contribution in [0.1, 0.15) is 34.7 Å². The summed E-state index contributed by atoms with van der Waals surface area (Å²) in [6, 6.07) is 55.9. The van der Waals surface area contributed by atoms with Gasteiger partial charge in [-0.2, -0.15) is 0 Å². The summed E-state index contributed by atoms with van der Waals surface area (Å²) < 4.78 is 43.1. The minimum atomic E-state index is -0.692. The highest BCUT2D eigenvalue weighted by Crippen LogP contribution is 2.66. The predicted octanol–water partition coefficient (Wildman–Crippen LogP) is 14.9. The van der Waals surface area contributed by atoms with E-state index >= 15 is 0 Å². The summed E-state index contributed by atoms with van der Waals surface area (Å²) in [6.07, 6.45) is 0. The molecule has 1 heterocycles. The summed E-state index contributed by atoms with van der Waals surface area (Å²) >= 11 is 1.52. The van der Waals surface area contributed by atoms with Crippen LogP contribution in [0.2, 0.25) is 0 Å². The van der Waals surface area contributed by atoms with Crippen molar-refractivity contribution in [1.82, 2.24) is 0 Å². The molecule has 0 saturated heterocycles. The molecule has 0 aliphatic heterocycles. The summed E-state index contributed by atoms with van der Waals surface area (Å²) in [5.41, 5.74) is 13.7. The van der Waals surface area contributed by atoms with Crippen LogP contribution in [0.4, 0.5) is 0 Å². The largest absolute Gasteiger partial charge is 0.135 e. The summed E-state index contributed by atoms with van der Waals surface area (Å²) in [6.45, 7) is 2.18. The van der Waals surface area contributed by atoms with Crippen LogP contribution in [-0.2, 0) is 5.41 Å². The molecule has 10 aromatic rings. The summed E-state index contributed by atoms with van der Waals surface area (Å²) in [5, 5.41) is 7.25. The number of rotatable bonds is 3. The van der Waals surface area contributed by atoms with E-state index < -0.39 is 5.41 Å². The van der Waals surface area contributed by atoms with E-state index in [4.69, 9.17) is 6.85 Å². The van der Waals surface area contributed by atoms with Gasteiger partial charge in [-0.1, -0.05) is 182 Å². The number of aryl methyl sites for hydroxylation is 1. The Labute approximate surface area is 331 Å². The van der Waals surface area contributed by atoms with Gasteiger partial charge in [-0.05, 0) is 118 Å². The third kappa shape index (κ3) is 4.11. The Kier molecular flexibility index (Phi) is 5.48. The number of benzene rings is 9. The first-order valence-electron chi connectivity index (χ1n) is 21.3. The molecule has 1 spiro atoms. The van der Waals surface area contributed by atoms with E-state index in [1.54, 1.807) is 0 Å². The molecule has 0 saturated carbocycles. The van der Waals surface area contributed by atoms with Gasteiger partial charge in [-0.25, -0.2) is 0 Å². The zero-order valence-electron chi connectivity index (χ0n) is 34.9. The van der Waals surface area contributed by atoms with Crippen molar-refractivity contribution in [3.63, 3.8) is 0 Å². The van der Waals surface area contributed by atoms with Crippen LogP contribution in [0.5, 0.6) is 0 Å². The van der Waals surface area contributed by atoms with E-state index in [0.29, 0.717) is 4.88 Å². The van der Waals surface area contributed by atoms with Crippen molar-refractivity contribution >= 4 is 43.7 Å². The molecule has 0 fully saturated rings. The van der Waals surface area contributed by atoms with Gasteiger partial charge in [0.1, 0.15) is 0 Å². The van der Waals surface area contributed by atoms with Crippen molar-refractivity contribution in [3.8, 4) is 54.3 Å². The van der Waals surface area contributed by atoms with Gasteiger partial charge in [0.2, 0.25) is 0 Å². The standard InChI is InChI=1S/C54H34S/c1-33-30-35-18-5-6-19-36(35)44(31-33)51-39-22-9-7-20-37(39)50(38-21-8-10-23-40(38)51)43-26-15-29-47-52(43)41-24-11-13-27-45(41)54(47)46-28-14-12-25-42(46)53-48(54)32-49(55-53)34-16-3-2-4-17-34/h2-32H,1H3/i2D,3D,4D,16D,17D. The van der Waals surface area contributed by atoms with Crippen LogP contribution in [-0.4, -0.2) is 0 Å². The lowest BCUT2D eigenvalue weighted by atomic mass is 9.70. The van der Waals surface area contributed by atoms with Gasteiger partial charge in [0.05, 0.1) is 12.3 Å². The molecule has 1 atom stereocenters. The second-order valence-corrected chi connectivity index (χ2v) is 15.8. The summed E-state index contributed by atoms with van der Waals surface area (Å²) in [4.78, 5) is 1.73. The molecule has 0 nitrogen and oxygen atoms in total. The minimum Gasteiger partial charge on any atom is -0.135 e. The Morgan fingerprint density at radius 3 is 1.69 bits per heavy atom. The SMILES string of the molecule is [2H]c1c([2H])c([2H])c(-c2cc3c(s2)-c2ccccc2C32c3ccccc3-c3c(-c4c5ccccc5c(-c5cc(C)cc6ccccc56)c5ccccc45)cccc32)c([2H])c1[2H]. The van der Waals surface area contributed by atoms with E-state index in [-0.39, 0.29) is 35.8 Å². The third-order valence-corrected chi connectivity index (χ3v) is 13.2. The maximum absolute atomic E-state index is 8.92. The van der Waals surface area contributed by atoms with Gasteiger partial charge in [0.15, 0.2) is 0 Å². The zero-order valence-corrected chi connectivity index (χ0v) is 30.7. The quantitative estimate of drug-likeness (QED) is 0.160. The highest BCUT2D eigenvalue weighted by molar-refractivity contribution is 7.19. The van der Waals surface area contributed by atoms with Crippen LogP contribution in [0.25, 0.3) is 86.6 Å². The number of hydrogen-bond acceptors (Lipinski definition) is 1. The third-order valence-electron chi connectivity index (χ3n) is 12.0. The van der Waals surface area contributed by atoms with Crippen LogP contribution in [0.15, 0.2) is 188 Å². The molecule has 12 rings (SSSR count). The van der Waals surface area contributed by atoms with Crippen LogP contribution < -0.4 is 0 Å². The normalized spacial score (nSPS) is 16.3. The van der Waals surface area contributed by atoms with Crippen LogP contribution in [0, 0.1) is 6.92 Å². The van der Waals surface area contributed by atoms with E-state index in [0.717, 1.165) is 21.6 Å². The van der Waals surface area contributed by atoms with Crippen molar-refractivity contribution in [3.05, 3.63) is 216 Å². The van der Waals surface area contributed by atoms with Gasteiger partial charge in [0.25, 0.3) is 0 Å². The van der Waals surface area contributed by atoms with E-state index in [2.05, 4.69) is 165 Å². The first-order valence-corrected chi connectivity index (χ1v) is 19.6. The van der Waals surface area contributed by atoms with E-state index in [9.17, 15) is 0 Å². The maximum atomic E-state index is 8.92. The predicted molar refractivity (Wildman–Crippen MR) is 234 cm³/mol. The lowest BCUT2D eigenvalue weighted by Crippen LogP contribution is -2.25. The van der Waals surface area contributed by atoms with Gasteiger partial charge in [-0.15, -0.1) is 11.3 Å². The monoisotopic (exact) mass is 719 g/mol. The van der Waals surface area contributed by atoms with Gasteiger partial charge in [-0.3, -0.25) is 0 Å². The first kappa shape index (κ1) is 26.3. The summed E-state index contributed by atoms with van der Waals surface area (Å²) in [5.74, 6) is 0. The molecule has 0 radical (unpaired) electrons. The lowest BCUT2D eigenvalue weighted by Gasteiger charge is -2.30. The smallest absolute Gasteiger partial charge is 0.0734 e. The Balaban J connectivity index is 1.19. The molecule has 2 aliphatic rings. The molecule has 9 aromatic carbocycles.